The van der Waals surface area contributed by atoms with Crippen molar-refractivity contribution in [2.24, 2.45) is 0 Å². The zero-order valence-electron chi connectivity index (χ0n) is 12.9. The maximum atomic E-state index is 11.2. The molecule has 0 bridgehead atoms. The molecule has 1 aliphatic heterocycles. The van der Waals surface area contributed by atoms with Gasteiger partial charge in [-0.15, -0.1) is 10.2 Å². The third-order valence-corrected chi connectivity index (χ3v) is 4.20. The minimum atomic E-state index is -0.343. The maximum absolute atomic E-state index is 11.2. The lowest BCUT2D eigenvalue weighted by atomic mass is 10.2. The fourth-order valence-electron chi connectivity index (χ4n) is 3.05. The molecule has 1 aromatic heterocycles. The standard InChI is InChI=1S/C17H15N5O2/c23-22(24)15-9-5-4-8-14(15)20-10-11-21-16(12-20)18-19-17(21)13-6-2-1-3-7-13/h1-9H,10-12H2. The van der Waals surface area contributed by atoms with Crippen molar-refractivity contribution in [2.75, 3.05) is 11.4 Å². The van der Waals surface area contributed by atoms with E-state index < -0.39 is 0 Å². The number of nitrogens with zero attached hydrogens (tertiary/aromatic N) is 5. The van der Waals surface area contributed by atoms with Gasteiger partial charge in [-0.05, 0) is 6.07 Å². The molecule has 3 aromatic rings. The van der Waals surface area contributed by atoms with Crippen molar-refractivity contribution in [1.29, 1.82) is 0 Å². The predicted octanol–water partition coefficient (Wildman–Crippen LogP) is 2.87. The molecule has 0 radical (unpaired) electrons. The Morgan fingerprint density at radius 2 is 1.71 bits per heavy atom. The van der Waals surface area contributed by atoms with Crippen LogP contribution in [-0.4, -0.2) is 26.2 Å². The van der Waals surface area contributed by atoms with Crippen molar-refractivity contribution in [3.05, 3.63) is 70.5 Å². The normalized spacial score (nSPS) is 13.6. The monoisotopic (exact) mass is 321 g/mol. The van der Waals surface area contributed by atoms with Crippen LogP contribution in [-0.2, 0) is 13.1 Å². The van der Waals surface area contributed by atoms with E-state index in [0.29, 0.717) is 25.3 Å². The quantitative estimate of drug-likeness (QED) is 0.547. The van der Waals surface area contributed by atoms with Gasteiger partial charge in [-0.1, -0.05) is 42.5 Å². The van der Waals surface area contributed by atoms with E-state index in [9.17, 15) is 10.1 Å². The fourth-order valence-corrected chi connectivity index (χ4v) is 3.05. The molecular weight excluding hydrogens is 306 g/mol. The molecule has 0 amide bonds. The Balaban J connectivity index is 1.67. The van der Waals surface area contributed by atoms with E-state index in [2.05, 4.69) is 14.8 Å². The molecule has 1 aliphatic rings. The SMILES string of the molecule is O=[N+]([O-])c1ccccc1N1CCn2c(nnc2-c2ccccc2)C1. The molecule has 0 saturated carbocycles. The van der Waals surface area contributed by atoms with E-state index in [1.807, 2.05) is 41.3 Å². The fraction of sp³-hybridized carbons (Fsp3) is 0.176. The van der Waals surface area contributed by atoms with Gasteiger partial charge in [-0.3, -0.25) is 10.1 Å². The molecule has 7 nitrogen and oxygen atoms in total. The highest BCUT2D eigenvalue weighted by molar-refractivity contribution is 5.63. The van der Waals surface area contributed by atoms with Crippen LogP contribution in [0.4, 0.5) is 11.4 Å². The van der Waals surface area contributed by atoms with E-state index in [0.717, 1.165) is 17.2 Å². The summed E-state index contributed by atoms with van der Waals surface area (Å²) in [5.41, 5.74) is 1.77. The molecule has 0 unspecified atom stereocenters. The summed E-state index contributed by atoms with van der Waals surface area (Å²) in [6.07, 6.45) is 0. The molecular formula is C17H15N5O2. The van der Waals surface area contributed by atoms with Crippen molar-refractivity contribution < 1.29 is 4.92 Å². The third kappa shape index (κ3) is 2.40. The highest BCUT2D eigenvalue weighted by Gasteiger charge is 2.26. The van der Waals surface area contributed by atoms with E-state index in [-0.39, 0.29) is 10.6 Å². The number of benzene rings is 2. The number of fused-ring (bicyclic) bond motifs is 1. The van der Waals surface area contributed by atoms with Gasteiger partial charge in [-0.2, -0.15) is 0 Å². The van der Waals surface area contributed by atoms with E-state index in [4.69, 9.17) is 0 Å². The topological polar surface area (TPSA) is 77.1 Å². The van der Waals surface area contributed by atoms with Crippen LogP contribution in [0, 0.1) is 10.1 Å². The van der Waals surface area contributed by atoms with E-state index in [1.54, 1.807) is 12.1 Å². The lowest BCUT2D eigenvalue weighted by molar-refractivity contribution is -0.384. The second-order valence-corrected chi connectivity index (χ2v) is 5.62. The van der Waals surface area contributed by atoms with Crippen molar-refractivity contribution in [1.82, 2.24) is 14.8 Å². The zero-order valence-corrected chi connectivity index (χ0v) is 12.9. The first kappa shape index (κ1) is 14.4. The molecule has 0 atom stereocenters. The summed E-state index contributed by atoms with van der Waals surface area (Å²) in [5, 5.41) is 19.8. The first-order valence-corrected chi connectivity index (χ1v) is 7.70. The number of aromatic nitrogens is 3. The van der Waals surface area contributed by atoms with Gasteiger partial charge < -0.3 is 9.47 Å². The average Bonchev–Trinajstić information content (AvgIpc) is 3.05. The summed E-state index contributed by atoms with van der Waals surface area (Å²) in [6.45, 7) is 1.87. The smallest absolute Gasteiger partial charge is 0.292 e. The Kier molecular flexibility index (Phi) is 3.45. The predicted molar refractivity (Wildman–Crippen MR) is 89.6 cm³/mol. The molecule has 0 saturated heterocycles. The van der Waals surface area contributed by atoms with Gasteiger partial charge in [0.2, 0.25) is 0 Å². The van der Waals surface area contributed by atoms with Gasteiger partial charge in [0.1, 0.15) is 5.69 Å². The lowest BCUT2D eigenvalue weighted by Crippen LogP contribution is -2.34. The maximum Gasteiger partial charge on any atom is 0.292 e. The summed E-state index contributed by atoms with van der Waals surface area (Å²) < 4.78 is 2.08. The largest absolute Gasteiger partial charge is 0.357 e. The average molecular weight is 321 g/mol. The minimum Gasteiger partial charge on any atom is -0.357 e. The second-order valence-electron chi connectivity index (χ2n) is 5.62. The second kappa shape index (κ2) is 5.77. The lowest BCUT2D eigenvalue weighted by Gasteiger charge is -2.29. The Hall–Kier alpha value is -3.22. The van der Waals surface area contributed by atoms with Gasteiger partial charge in [0.15, 0.2) is 11.6 Å². The molecule has 2 heterocycles. The third-order valence-electron chi connectivity index (χ3n) is 4.20. The summed E-state index contributed by atoms with van der Waals surface area (Å²) in [4.78, 5) is 12.9. The highest BCUT2D eigenvalue weighted by atomic mass is 16.6. The molecule has 0 spiro atoms. The van der Waals surface area contributed by atoms with Crippen LogP contribution in [0.3, 0.4) is 0 Å². The first-order chi connectivity index (χ1) is 11.7. The van der Waals surface area contributed by atoms with Gasteiger partial charge >= 0.3 is 0 Å². The molecule has 4 rings (SSSR count). The van der Waals surface area contributed by atoms with Crippen molar-refractivity contribution >= 4 is 11.4 Å². The van der Waals surface area contributed by atoms with Crippen LogP contribution in [0.15, 0.2) is 54.6 Å². The van der Waals surface area contributed by atoms with Gasteiger partial charge in [-0.25, -0.2) is 0 Å². The van der Waals surface area contributed by atoms with Crippen molar-refractivity contribution in [3.63, 3.8) is 0 Å². The van der Waals surface area contributed by atoms with E-state index >= 15 is 0 Å². The van der Waals surface area contributed by atoms with Gasteiger partial charge in [0.05, 0.1) is 11.5 Å². The molecule has 0 N–H and O–H groups in total. The Morgan fingerprint density at radius 3 is 2.50 bits per heavy atom. The molecule has 120 valence electrons. The van der Waals surface area contributed by atoms with Gasteiger partial charge in [0.25, 0.3) is 5.69 Å². The summed E-state index contributed by atoms with van der Waals surface area (Å²) >= 11 is 0. The van der Waals surface area contributed by atoms with Crippen LogP contribution in [0.25, 0.3) is 11.4 Å². The number of hydrogen-bond acceptors (Lipinski definition) is 5. The molecule has 0 fully saturated rings. The number of anilines is 1. The summed E-state index contributed by atoms with van der Waals surface area (Å²) in [5.74, 6) is 1.66. The number of hydrogen-bond donors (Lipinski definition) is 0. The first-order valence-electron chi connectivity index (χ1n) is 7.70. The summed E-state index contributed by atoms with van der Waals surface area (Å²) in [6, 6.07) is 16.7. The number of para-hydroxylation sites is 2. The highest BCUT2D eigenvalue weighted by Crippen LogP contribution is 2.31. The van der Waals surface area contributed by atoms with Crippen LogP contribution < -0.4 is 4.90 Å². The molecule has 7 heteroatoms. The van der Waals surface area contributed by atoms with Gasteiger partial charge in [0, 0.05) is 24.7 Å². The Morgan fingerprint density at radius 1 is 0.958 bits per heavy atom. The zero-order chi connectivity index (χ0) is 16.5. The van der Waals surface area contributed by atoms with E-state index in [1.165, 1.54) is 6.07 Å². The number of nitro benzene ring substituents is 1. The number of nitro groups is 1. The van der Waals surface area contributed by atoms with Crippen LogP contribution >= 0.6 is 0 Å². The van der Waals surface area contributed by atoms with Crippen LogP contribution in [0.2, 0.25) is 0 Å². The number of rotatable bonds is 3. The Labute approximate surface area is 138 Å². The van der Waals surface area contributed by atoms with Crippen LogP contribution in [0.1, 0.15) is 5.82 Å². The Bertz CT molecular complexity index is 891. The van der Waals surface area contributed by atoms with Crippen molar-refractivity contribution in [2.45, 2.75) is 13.1 Å². The van der Waals surface area contributed by atoms with Crippen molar-refractivity contribution in [3.8, 4) is 11.4 Å². The van der Waals surface area contributed by atoms with Crippen LogP contribution in [0.5, 0.6) is 0 Å². The molecule has 0 aliphatic carbocycles. The summed E-state index contributed by atoms with van der Waals surface area (Å²) in [7, 11) is 0. The molecule has 24 heavy (non-hydrogen) atoms. The minimum absolute atomic E-state index is 0.119. The molecule has 2 aromatic carbocycles.